The quantitative estimate of drug-likeness (QED) is 0.621. The van der Waals surface area contributed by atoms with E-state index in [2.05, 4.69) is 5.32 Å². The third-order valence-corrected chi connectivity index (χ3v) is 3.20. The van der Waals surface area contributed by atoms with E-state index in [-0.39, 0.29) is 6.29 Å². The van der Waals surface area contributed by atoms with E-state index in [0.717, 1.165) is 0 Å². The number of hydrogen-bond donors (Lipinski definition) is 2. The van der Waals surface area contributed by atoms with Crippen LogP contribution in [0, 0.1) is 0 Å². The van der Waals surface area contributed by atoms with Crippen molar-refractivity contribution in [1.82, 2.24) is 5.32 Å². The van der Waals surface area contributed by atoms with Crippen LogP contribution in [0.2, 0.25) is 0 Å². The van der Waals surface area contributed by atoms with E-state index in [0.29, 0.717) is 11.1 Å². The van der Waals surface area contributed by atoms with Crippen molar-refractivity contribution >= 4 is 18.0 Å². The van der Waals surface area contributed by atoms with E-state index in [9.17, 15) is 19.5 Å². The van der Waals surface area contributed by atoms with E-state index >= 15 is 0 Å². The molecule has 0 aliphatic heterocycles. The standard InChI is InChI=1S/C17H15NO4/c19-11-14(20)16(21)15(12-7-3-1-4-8-12)18-17(22)13-9-5-2-6-10-13/h1-11,15-16,21H,(H,18,22)/t15-,16-/m0/s1. The minimum Gasteiger partial charge on any atom is -0.382 e. The van der Waals surface area contributed by atoms with Gasteiger partial charge in [0.1, 0.15) is 6.10 Å². The molecule has 2 rings (SSSR count). The number of ketones is 1. The molecule has 2 N–H and O–H groups in total. The lowest BCUT2D eigenvalue weighted by molar-refractivity contribution is -0.136. The molecule has 0 aliphatic rings. The van der Waals surface area contributed by atoms with Crippen LogP contribution in [-0.4, -0.2) is 29.2 Å². The van der Waals surface area contributed by atoms with Gasteiger partial charge in [-0.1, -0.05) is 48.5 Å². The lowest BCUT2D eigenvalue weighted by atomic mass is 9.98. The summed E-state index contributed by atoms with van der Waals surface area (Å²) in [7, 11) is 0. The van der Waals surface area contributed by atoms with Gasteiger partial charge < -0.3 is 10.4 Å². The van der Waals surface area contributed by atoms with Crippen LogP contribution >= 0.6 is 0 Å². The zero-order valence-electron chi connectivity index (χ0n) is 11.7. The van der Waals surface area contributed by atoms with Gasteiger partial charge in [-0.3, -0.25) is 14.4 Å². The van der Waals surface area contributed by atoms with Gasteiger partial charge in [0.2, 0.25) is 5.78 Å². The first-order valence-electron chi connectivity index (χ1n) is 6.71. The maximum atomic E-state index is 12.2. The van der Waals surface area contributed by atoms with Crippen molar-refractivity contribution in [1.29, 1.82) is 0 Å². The molecule has 5 nitrogen and oxygen atoms in total. The molecule has 0 aromatic heterocycles. The number of hydrogen-bond acceptors (Lipinski definition) is 4. The average molecular weight is 297 g/mol. The monoisotopic (exact) mass is 297 g/mol. The minimum atomic E-state index is -1.63. The number of benzene rings is 2. The van der Waals surface area contributed by atoms with Crippen molar-refractivity contribution in [3.05, 3.63) is 71.8 Å². The van der Waals surface area contributed by atoms with Gasteiger partial charge in [-0.2, -0.15) is 0 Å². The summed E-state index contributed by atoms with van der Waals surface area (Å²) in [5, 5.41) is 12.6. The Morgan fingerprint density at radius 1 is 0.955 bits per heavy atom. The summed E-state index contributed by atoms with van der Waals surface area (Å²) in [6.07, 6.45) is -1.58. The van der Waals surface area contributed by atoms with E-state index in [1.807, 2.05) is 0 Å². The number of rotatable bonds is 6. The number of carbonyl (C=O) groups excluding carboxylic acids is 3. The Kier molecular flexibility index (Phi) is 5.16. The molecule has 0 unspecified atom stereocenters. The topological polar surface area (TPSA) is 83.5 Å². The Balaban J connectivity index is 2.27. The van der Waals surface area contributed by atoms with Crippen LogP contribution in [0.4, 0.5) is 0 Å². The second-order valence-electron chi connectivity index (χ2n) is 4.69. The molecule has 0 aliphatic carbocycles. The molecule has 0 saturated carbocycles. The molecule has 2 aromatic carbocycles. The van der Waals surface area contributed by atoms with Crippen LogP contribution in [0.3, 0.4) is 0 Å². The first-order valence-corrected chi connectivity index (χ1v) is 6.71. The largest absolute Gasteiger partial charge is 0.382 e. The molecule has 0 bridgehead atoms. The highest BCUT2D eigenvalue weighted by molar-refractivity contribution is 6.27. The van der Waals surface area contributed by atoms with Crippen molar-refractivity contribution in [3.8, 4) is 0 Å². The number of amides is 1. The molecule has 1 amide bonds. The Morgan fingerprint density at radius 3 is 2.05 bits per heavy atom. The number of aldehydes is 1. The summed E-state index contributed by atoms with van der Waals surface area (Å²) in [6, 6.07) is 16.0. The second-order valence-corrected chi connectivity index (χ2v) is 4.69. The van der Waals surface area contributed by atoms with Crippen LogP contribution in [0.15, 0.2) is 60.7 Å². The lowest BCUT2D eigenvalue weighted by Crippen LogP contribution is -2.40. The number of carbonyl (C=O) groups is 3. The average Bonchev–Trinajstić information content (AvgIpc) is 2.59. The summed E-state index contributed by atoms with van der Waals surface area (Å²) in [5.74, 6) is -1.42. The molecule has 0 radical (unpaired) electrons. The Morgan fingerprint density at radius 2 is 1.50 bits per heavy atom. The molecule has 22 heavy (non-hydrogen) atoms. The maximum Gasteiger partial charge on any atom is 0.251 e. The molecule has 112 valence electrons. The van der Waals surface area contributed by atoms with Crippen molar-refractivity contribution in [2.45, 2.75) is 12.1 Å². The number of nitrogens with one attached hydrogen (secondary N) is 1. The second kappa shape index (κ2) is 7.28. The van der Waals surface area contributed by atoms with Gasteiger partial charge in [-0.05, 0) is 17.7 Å². The summed E-state index contributed by atoms with van der Waals surface area (Å²) >= 11 is 0. The van der Waals surface area contributed by atoms with E-state index in [1.54, 1.807) is 60.7 Å². The van der Waals surface area contributed by atoms with Gasteiger partial charge in [0.25, 0.3) is 5.91 Å². The molecule has 0 heterocycles. The van der Waals surface area contributed by atoms with Crippen molar-refractivity contribution in [2.24, 2.45) is 0 Å². The third-order valence-electron chi connectivity index (χ3n) is 3.20. The van der Waals surface area contributed by atoms with Gasteiger partial charge in [-0.15, -0.1) is 0 Å². The molecule has 5 heteroatoms. The number of aliphatic hydroxyl groups excluding tert-OH is 1. The Bertz CT molecular complexity index is 655. The van der Waals surface area contributed by atoms with Gasteiger partial charge in [0.05, 0.1) is 6.04 Å². The van der Waals surface area contributed by atoms with Gasteiger partial charge >= 0.3 is 0 Å². The molecule has 2 aromatic rings. The third kappa shape index (κ3) is 3.65. The first kappa shape index (κ1) is 15.6. The van der Waals surface area contributed by atoms with Crippen molar-refractivity contribution in [2.75, 3.05) is 0 Å². The number of aliphatic hydroxyl groups is 1. The van der Waals surface area contributed by atoms with Gasteiger partial charge in [0, 0.05) is 5.56 Å². The fourth-order valence-corrected chi connectivity index (χ4v) is 2.05. The van der Waals surface area contributed by atoms with Crippen LogP contribution < -0.4 is 5.32 Å². The zero-order chi connectivity index (χ0) is 15.9. The summed E-state index contributed by atoms with van der Waals surface area (Å²) in [6.45, 7) is 0. The summed E-state index contributed by atoms with van der Waals surface area (Å²) < 4.78 is 0. The summed E-state index contributed by atoms with van der Waals surface area (Å²) in [5.41, 5.74) is 0.934. The SMILES string of the molecule is O=CC(=O)[C@H](O)[C@@H](NC(=O)c1ccccc1)c1ccccc1. The predicted octanol–water partition coefficient (Wildman–Crippen LogP) is 1.29. The van der Waals surface area contributed by atoms with Crippen LogP contribution in [-0.2, 0) is 9.59 Å². The summed E-state index contributed by atoms with van der Waals surface area (Å²) in [4.78, 5) is 34.3. The van der Waals surface area contributed by atoms with Gasteiger partial charge in [-0.25, -0.2) is 0 Å². The molecule has 0 saturated heterocycles. The molecular weight excluding hydrogens is 282 g/mol. The van der Waals surface area contributed by atoms with E-state index < -0.39 is 23.8 Å². The highest BCUT2D eigenvalue weighted by Crippen LogP contribution is 2.18. The fraction of sp³-hybridized carbons (Fsp3) is 0.118. The van der Waals surface area contributed by atoms with E-state index in [1.165, 1.54) is 0 Å². The Hall–Kier alpha value is -2.79. The number of Topliss-reactive ketones (excluding diaryl/α,β-unsaturated/α-hetero) is 1. The van der Waals surface area contributed by atoms with Crippen LogP contribution in [0.1, 0.15) is 22.0 Å². The minimum absolute atomic E-state index is 0.0509. The van der Waals surface area contributed by atoms with Gasteiger partial charge in [0.15, 0.2) is 6.29 Å². The highest BCUT2D eigenvalue weighted by Gasteiger charge is 2.28. The zero-order valence-corrected chi connectivity index (χ0v) is 11.7. The van der Waals surface area contributed by atoms with Crippen LogP contribution in [0.25, 0.3) is 0 Å². The van der Waals surface area contributed by atoms with Crippen LogP contribution in [0.5, 0.6) is 0 Å². The highest BCUT2D eigenvalue weighted by atomic mass is 16.3. The lowest BCUT2D eigenvalue weighted by Gasteiger charge is -2.22. The molecular formula is C17H15NO4. The fourth-order valence-electron chi connectivity index (χ4n) is 2.05. The molecule has 2 atom stereocenters. The molecule has 0 fully saturated rings. The normalized spacial score (nSPS) is 13.0. The molecule has 0 spiro atoms. The van der Waals surface area contributed by atoms with Crippen molar-refractivity contribution in [3.63, 3.8) is 0 Å². The maximum absolute atomic E-state index is 12.2. The Labute approximate surface area is 127 Å². The van der Waals surface area contributed by atoms with Crippen molar-refractivity contribution < 1.29 is 19.5 Å². The first-order chi connectivity index (χ1) is 10.6. The predicted molar refractivity (Wildman–Crippen MR) is 80.2 cm³/mol. The van der Waals surface area contributed by atoms with E-state index in [4.69, 9.17) is 0 Å². The smallest absolute Gasteiger partial charge is 0.251 e.